The number of hydrogen-bond acceptors (Lipinski definition) is 3. The lowest BCUT2D eigenvalue weighted by Crippen LogP contribution is -2.51. The highest BCUT2D eigenvalue weighted by atomic mass is 16.5. The molecule has 110 valence electrons. The van der Waals surface area contributed by atoms with Crippen molar-refractivity contribution in [2.75, 3.05) is 32.8 Å². The Kier molecular flexibility index (Phi) is 5.64. The molecule has 2 saturated heterocycles. The number of nitrogens with zero attached hydrogens (tertiary/aromatic N) is 1. The minimum Gasteiger partial charge on any atom is -0.381 e. The van der Waals surface area contributed by atoms with Gasteiger partial charge in [0.05, 0.1) is 12.6 Å². The van der Waals surface area contributed by atoms with Crippen molar-refractivity contribution in [1.82, 2.24) is 10.2 Å². The summed E-state index contributed by atoms with van der Waals surface area (Å²) >= 11 is 0. The Morgan fingerprint density at radius 1 is 1.32 bits per heavy atom. The molecular weight excluding hydrogens is 240 g/mol. The molecule has 0 aromatic rings. The number of ether oxygens (including phenoxy) is 1. The molecule has 2 aliphatic rings. The van der Waals surface area contributed by atoms with Crippen LogP contribution in [0.3, 0.4) is 0 Å². The van der Waals surface area contributed by atoms with E-state index in [0.717, 1.165) is 45.7 Å². The van der Waals surface area contributed by atoms with Gasteiger partial charge in [0.2, 0.25) is 5.91 Å². The van der Waals surface area contributed by atoms with Gasteiger partial charge in [-0.05, 0) is 38.6 Å². The first kappa shape index (κ1) is 14.8. The van der Waals surface area contributed by atoms with E-state index in [0.29, 0.717) is 17.7 Å². The van der Waals surface area contributed by atoms with Gasteiger partial charge < -0.3 is 15.0 Å². The van der Waals surface area contributed by atoms with Gasteiger partial charge in [-0.3, -0.25) is 4.79 Å². The van der Waals surface area contributed by atoms with Crippen LogP contribution in [0.15, 0.2) is 0 Å². The molecule has 3 atom stereocenters. The molecule has 4 heteroatoms. The van der Waals surface area contributed by atoms with E-state index < -0.39 is 0 Å². The molecule has 0 bridgehead atoms. The van der Waals surface area contributed by atoms with Crippen molar-refractivity contribution in [3.8, 4) is 0 Å². The van der Waals surface area contributed by atoms with E-state index in [-0.39, 0.29) is 6.04 Å². The molecule has 0 spiro atoms. The predicted molar refractivity (Wildman–Crippen MR) is 76.0 cm³/mol. The monoisotopic (exact) mass is 268 g/mol. The third-order valence-electron chi connectivity index (χ3n) is 4.58. The number of piperidine rings is 1. The van der Waals surface area contributed by atoms with E-state index in [9.17, 15) is 4.79 Å². The Morgan fingerprint density at radius 2 is 2.16 bits per heavy atom. The quantitative estimate of drug-likeness (QED) is 0.824. The second-order valence-corrected chi connectivity index (χ2v) is 5.91. The van der Waals surface area contributed by atoms with Crippen LogP contribution in [0, 0.1) is 11.8 Å². The highest BCUT2D eigenvalue weighted by Gasteiger charge is 2.30. The predicted octanol–water partition coefficient (Wildman–Crippen LogP) is 1.65. The molecule has 0 aromatic carbocycles. The van der Waals surface area contributed by atoms with Crippen molar-refractivity contribution in [3.05, 3.63) is 0 Å². The number of rotatable bonds is 5. The van der Waals surface area contributed by atoms with E-state index in [2.05, 4.69) is 19.2 Å². The minimum absolute atomic E-state index is 0.0426. The molecule has 0 aliphatic carbocycles. The van der Waals surface area contributed by atoms with Gasteiger partial charge in [-0.15, -0.1) is 0 Å². The molecule has 19 heavy (non-hydrogen) atoms. The van der Waals surface area contributed by atoms with Gasteiger partial charge in [0, 0.05) is 25.6 Å². The fourth-order valence-electron chi connectivity index (χ4n) is 3.19. The minimum atomic E-state index is 0.0426. The summed E-state index contributed by atoms with van der Waals surface area (Å²) in [5, 5.41) is 3.40. The maximum Gasteiger partial charge on any atom is 0.239 e. The van der Waals surface area contributed by atoms with Crippen molar-refractivity contribution in [2.45, 2.75) is 45.6 Å². The molecule has 0 saturated carbocycles. The van der Waals surface area contributed by atoms with Crippen LogP contribution in [-0.2, 0) is 9.53 Å². The summed E-state index contributed by atoms with van der Waals surface area (Å²) < 4.78 is 5.41. The SMILES string of the molecule is CCC1CCNC(C(=O)N(CC)CC2CCOC2)C1. The number of hydrogen-bond donors (Lipinski definition) is 1. The molecule has 2 fully saturated rings. The molecule has 2 aliphatic heterocycles. The van der Waals surface area contributed by atoms with Crippen molar-refractivity contribution >= 4 is 5.91 Å². The highest BCUT2D eigenvalue weighted by Crippen LogP contribution is 2.21. The topological polar surface area (TPSA) is 41.6 Å². The molecule has 2 rings (SSSR count). The van der Waals surface area contributed by atoms with Crippen LogP contribution in [0.5, 0.6) is 0 Å². The fraction of sp³-hybridized carbons (Fsp3) is 0.933. The lowest BCUT2D eigenvalue weighted by Gasteiger charge is -2.33. The molecule has 2 heterocycles. The molecule has 1 amide bonds. The van der Waals surface area contributed by atoms with Crippen molar-refractivity contribution < 1.29 is 9.53 Å². The fourth-order valence-corrected chi connectivity index (χ4v) is 3.19. The van der Waals surface area contributed by atoms with E-state index >= 15 is 0 Å². The second-order valence-electron chi connectivity index (χ2n) is 5.91. The number of likely N-dealkylation sites (N-methyl/N-ethyl adjacent to an activating group) is 1. The Morgan fingerprint density at radius 3 is 2.79 bits per heavy atom. The van der Waals surface area contributed by atoms with Crippen LogP contribution in [-0.4, -0.2) is 49.7 Å². The zero-order valence-corrected chi connectivity index (χ0v) is 12.4. The third kappa shape index (κ3) is 3.93. The smallest absolute Gasteiger partial charge is 0.239 e. The number of nitrogens with one attached hydrogen (secondary N) is 1. The molecule has 1 N–H and O–H groups in total. The standard InChI is InChI=1S/C15H28N2O2/c1-3-12-5-7-16-14(9-12)15(18)17(4-2)10-13-6-8-19-11-13/h12-14,16H,3-11H2,1-2H3. The zero-order chi connectivity index (χ0) is 13.7. The van der Waals surface area contributed by atoms with Crippen LogP contribution in [0.4, 0.5) is 0 Å². The summed E-state index contributed by atoms with van der Waals surface area (Å²) in [7, 11) is 0. The van der Waals surface area contributed by atoms with Crippen LogP contribution in [0.1, 0.15) is 39.5 Å². The van der Waals surface area contributed by atoms with Crippen molar-refractivity contribution in [3.63, 3.8) is 0 Å². The van der Waals surface area contributed by atoms with Gasteiger partial charge in [-0.25, -0.2) is 0 Å². The largest absolute Gasteiger partial charge is 0.381 e. The highest BCUT2D eigenvalue weighted by molar-refractivity contribution is 5.82. The normalized spacial score (nSPS) is 31.4. The zero-order valence-electron chi connectivity index (χ0n) is 12.4. The van der Waals surface area contributed by atoms with Gasteiger partial charge in [-0.2, -0.15) is 0 Å². The first-order valence-electron chi connectivity index (χ1n) is 7.84. The maximum absolute atomic E-state index is 12.6. The van der Waals surface area contributed by atoms with Crippen LogP contribution >= 0.6 is 0 Å². The lowest BCUT2D eigenvalue weighted by molar-refractivity contribution is -0.134. The van der Waals surface area contributed by atoms with Crippen molar-refractivity contribution in [2.24, 2.45) is 11.8 Å². The van der Waals surface area contributed by atoms with Gasteiger partial charge in [0.1, 0.15) is 0 Å². The summed E-state index contributed by atoms with van der Waals surface area (Å²) in [5.74, 6) is 1.55. The number of amides is 1. The van der Waals surface area contributed by atoms with E-state index in [1.807, 2.05) is 4.90 Å². The Balaban J connectivity index is 1.87. The molecule has 0 radical (unpaired) electrons. The Bertz CT molecular complexity index is 290. The van der Waals surface area contributed by atoms with Crippen molar-refractivity contribution in [1.29, 1.82) is 0 Å². The molecule has 4 nitrogen and oxygen atoms in total. The molecule has 3 unspecified atom stereocenters. The number of carbonyl (C=O) groups excluding carboxylic acids is 1. The van der Waals surface area contributed by atoms with Crippen LogP contribution in [0.2, 0.25) is 0 Å². The first-order valence-corrected chi connectivity index (χ1v) is 7.84. The summed E-state index contributed by atoms with van der Waals surface area (Å²) in [6.45, 7) is 8.64. The van der Waals surface area contributed by atoms with Gasteiger partial charge >= 0.3 is 0 Å². The summed E-state index contributed by atoms with van der Waals surface area (Å²) in [4.78, 5) is 14.6. The Labute approximate surface area is 116 Å². The Hall–Kier alpha value is -0.610. The van der Waals surface area contributed by atoms with Gasteiger partial charge in [-0.1, -0.05) is 13.3 Å². The molecular formula is C15H28N2O2. The van der Waals surface area contributed by atoms with Gasteiger partial charge in [0.15, 0.2) is 0 Å². The van der Waals surface area contributed by atoms with E-state index in [1.54, 1.807) is 0 Å². The van der Waals surface area contributed by atoms with Crippen LogP contribution in [0.25, 0.3) is 0 Å². The number of carbonyl (C=O) groups is 1. The third-order valence-corrected chi connectivity index (χ3v) is 4.58. The summed E-state index contributed by atoms with van der Waals surface area (Å²) in [6.07, 6.45) is 4.50. The average Bonchev–Trinajstić information content (AvgIpc) is 2.97. The summed E-state index contributed by atoms with van der Waals surface area (Å²) in [5.41, 5.74) is 0. The molecule has 0 aromatic heterocycles. The first-order chi connectivity index (χ1) is 9.24. The lowest BCUT2D eigenvalue weighted by atomic mass is 9.89. The summed E-state index contributed by atoms with van der Waals surface area (Å²) in [6, 6.07) is 0.0426. The van der Waals surface area contributed by atoms with Gasteiger partial charge in [0.25, 0.3) is 0 Å². The van der Waals surface area contributed by atoms with Crippen LogP contribution < -0.4 is 5.32 Å². The second kappa shape index (κ2) is 7.25. The average molecular weight is 268 g/mol. The van der Waals surface area contributed by atoms with E-state index in [1.165, 1.54) is 12.8 Å². The van der Waals surface area contributed by atoms with E-state index in [4.69, 9.17) is 4.74 Å². The maximum atomic E-state index is 12.6.